The van der Waals surface area contributed by atoms with Gasteiger partial charge in [0.2, 0.25) is 5.95 Å². The van der Waals surface area contributed by atoms with Gasteiger partial charge in [-0.1, -0.05) is 23.7 Å². The lowest BCUT2D eigenvalue weighted by atomic mass is 9.94. The molecule has 1 N–H and O–H groups in total. The van der Waals surface area contributed by atoms with Crippen LogP contribution >= 0.6 is 22.9 Å². The molecule has 0 amide bonds. The van der Waals surface area contributed by atoms with Gasteiger partial charge in [0.25, 0.3) is 5.56 Å². The minimum atomic E-state index is -0.335. The van der Waals surface area contributed by atoms with Crippen LogP contribution in [0, 0.1) is 0 Å². The first-order valence-electron chi connectivity index (χ1n) is 10.7. The topological polar surface area (TPSA) is 77.7 Å². The number of benzene rings is 2. The summed E-state index contributed by atoms with van der Waals surface area (Å²) in [7, 11) is 1.61. The summed E-state index contributed by atoms with van der Waals surface area (Å²) < 4.78 is 12.8. The lowest BCUT2D eigenvalue weighted by molar-refractivity contribution is -0.0379. The first-order chi connectivity index (χ1) is 16.3. The number of hydrogen-bond donors (Lipinski definition) is 1. The third kappa shape index (κ3) is 4.32. The second kappa shape index (κ2) is 8.87. The number of halogens is 1. The predicted molar refractivity (Wildman–Crippen MR) is 137 cm³/mol. The molecular weight excluding hydrogens is 472 g/mol. The first-order valence-corrected chi connectivity index (χ1v) is 11.9. The molecule has 1 aliphatic heterocycles. The molecule has 5 rings (SSSR count). The number of rotatable bonds is 5. The van der Waals surface area contributed by atoms with Crippen LogP contribution in [0.25, 0.3) is 15.9 Å². The van der Waals surface area contributed by atoms with E-state index in [1.54, 1.807) is 30.0 Å². The average molecular weight is 495 g/mol. The number of thiophene rings is 1. The molecule has 0 aliphatic carbocycles. The number of ether oxygens (including phenoxy) is 2. The van der Waals surface area contributed by atoms with E-state index in [1.165, 1.54) is 11.3 Å². The Balaban J connectivity index is 1.63. The zero-order valence-electron chi connectivity index (χ0n) is 19.0. The summed E-state index contributed by atoms with van der Waals surface area (Å²) in [6.45, 7) is 4.55. The number of fused-ring (bicyclic) bond motifs is 3. The van der Waals surface area contributed by atoms with Crippen molar-refractivity contribution >= 4 is 45.3 Å². The molecule has 174 valence electrons. The second-order valence-electron chi connectivity index (χ2n) is 8.60. The molecule has 0 saturated heterocycles. The first kappa shape index (κ1) is 22.6. The number of methoxy groups -OCH3 is 1. The molecule has 2 aromatic heterocycles. The maximum absolute atomic E-state index is 13.9. The number of nitrogens with zero attached hydrogens (tertiary/aromatic N) is 3. The SMILES string of the molecule is COc1ccc(-n2c(NN=Cc3ccc(Cl)cc3)nc3sc4c(c3c2=O)CC(C)(C)OC4)cc1. The fourth-order valence-electron chi connectivity index (χ4n) is 3.95. The average Bonchev–Trinajstić information content (AvgIpc) is 3.17. The van der Waals surface area contributed by atoms with Gasteiger partial charge in [-0.3, -0.25) is 4.79 Å². The van der Waals surface area contributed by atoms with Crippen molar-refractivity contribution in [1.82, 2.24) is 9.55 Å². The summed E-state index contributed by atoms with van der Waals surface area (Å²) in [6, 6.07) is 14.6. The predicted octanol–water partition coefficient (Wildman–Crippen LogP) is 5.41. The number of aromatic nitrogens is 2. The number of hydrazone groups is 1. The molecule has 0 atom stereocenters. The van der Waals surface area contributed by atoms with Crippen LogP contribution < -0.4 is 15.7 Å². The minimum absolute atomic E-state index is 0.144. The molecule has 4 aromatic rings. The van der Waals surface area contributed by atoms with E-state index >= 15 is 0 Å². The van der Waals surface area contributed by atoms with Crippen LogP contribution in [0.15, 0.2) is 58.4 Å². The van der Waals surface area contributed by atoms with Crippen LogP contribution in [0.1, 0.15) is 29.9 Å². The monoisotopic (exact) mass is 494 g/mol. The van der Waals surface area contributed by atoms with E-state index in [-0.39, 0.29) is 11.2 Å². The number of anilines is 1. The van der Waals surface area contributed by atoms with Gasteiger partial charge in [-0.2, -0.15) is 5.10 Å². The van der Waals surface area contributed by atoms with Crippen molar-refractivity contribution in [2.45, 2.75) is 32.5 Å². The fraction of sp³-hybridized carbons (Fsp3) is 0.240. The van der Waals surface area contributed by atoms with Crippen LogP contribution in [0.5, 0.6) is 5.75 Å². The Morgan fingerprint density at radius 3 is 2.65 bits per heavy atom. The Morgan fingerprint density at radius 2 is 1.94 bits per heavy atom. The summed E-state index contributed by atoms with van der Waals surface area (Å²) in [5.41, 5.74) is 5.03. The Bertz CT molecular complexity index is 1440. The zero-order valence-corrected chi connectivity index (χ0v) is 20.5. The lowest BCUT2D eigenvalue weighted by Gasteiger charge is -2.29. The number of hydrogen-bond acceptors (Lipinski definition) is 7. The van der Waals surface area contributed by atoms with Gasteiger partial charge >= 0.3 is 0 Å². The van der Waals surface area contributed by atoms with Crippen LogP contribution in [-0.4, -0.2) is 28.5 Å². The van der Waals surface area contributed by atoms with Crippen LogP contribution in [0.4, 0.5) is 5.95 Å². The van der Waals surface area contributed by atoms with Gasteiger partial charge in [-0.05, 0) is 61.4 Å². The Labute approximate surface area is 205 Å². The molecule has 0 spiro atoms. The summed E-state index contributed by atoms with van der Waals surface area (Å²) in [6.07, 6.45) is 2.31. The normalized spacial score (nSPS) is 14.9. The van der Waals surface area contributed by atoms with Crippen molar-refractivity contribution < 1.29 is 9.47 Å². The summed E-state index contributed by atoms with van der Waals surface area (Å²) >= 11 is 7.45. The molecule has 2 aromatic carbocycles. The molecule has 9 heteroatoms. The van der Waals surface area contributed by atoms with Crippen LogP contribution in [0.3, 0.4) is 0 Å². The van der Waals surface area contributed by atoms with E-state index < -0.39 is 0 Å². The molecule has 3 heterocycles. The van der Waals surface area contributed by atoms with E-state index in [0.717, 1.165) is 16.0 Å². The van der Waals surface area contributed by atoms with E-state index in [9.17, 15) is 4.79 Å². The van der Waals surface area contributed by atoms with Crippen molar-refractivity contribution in [3.05, 3.63) is 79.9 Å². The van der Waals surface area contributed by atoms with Gasteiger partial charge in [-0.15, -0.1) is 11.3 Å². The van der Waals surface area contributed by atoms with E-state index in [0.29, 0.717) is 45.7 Å². The highest BCUT2D eigenvalue weighted by Gasteiger charge is 2.31. The maximum atomic E-state index is 13.9. The smallest absolute Gasteiger partial charge is 0.268 e. The van der Waals surface area contributed by atoms with Crippen molar-refractivity contribution in [1.29, 1.82) is 0 Å². The standard InChI is InChI=1S/C25H23ClN4O3S/c1-25(2)12-19-20(14-33-25)34-22-21(19)23(31)30(17-8-10-18(32-3)11-9-17)24(28-22)29-27-13-15-4-6-16(26)7-5-15/h4-11,13H,12,14H2,1-3H3,(H,28,29). The van der Waals surface area contributed by atoms with Crippen LogP contribution in [0.2, 0.25) is 5.02 Å². The third-order valence-corrected chi connectivity index (χ3v) is 7.03. The van der Waals surface area contributed by atoms with Crippen LogP contribution in [-0.2, 0) is 17.8 Å². The van der Waals surface area contributed by atoms with Gasteiger partial charge in [0.05, 0.1) is 36.6 Å². The maximum Gasteiger partial charge on any atom is 0.268 e. The Hall–Kier alpha value is -3.20. The molecule has 1 aliphatic rings. The molecule has 0 fully saturated rings. The summed E-state index contributed by atoms with van der Waals surface area (Å²) in [5.74, 6) is 1.03. The highest BCUT2D eigenvalue weighted by atomic mass is 35.5. The van der Waals surface area contributed by atoms with Crippen molar-refractivity contribution in [2.75, 3.05) is 12.5 Å². The quantitative estimate of drug-likeness (QED) is 0.296. The lowest BCUT2D eigenvalue weighted by Crippen LogP contribution is -2.32. The molecule has 0 unspecified atom stereocenters. The Kier molecular flexibility index (Phi) is 5.89. The highest BCUT2D eigenvalue weighted by Crippen LogP contribution is 2.37. The molecule has 0 saturated carbocycles. The summed E-state index contributed by atoms with van der Waals surface area (Å²) in [5, 5.41) is 5.62. The van der Waals surface area contributed by atoms with Crippen molar-refractivity contribution in [3.8, 4) is 11.4 Å². The molecule has 7 nitrogen and oxygen atoms in total. The third-order valence-electron chi connectivity index (χ3n) is 5.68. The van der Waals surface area contributed by atoms with Gasteiger partial charge in [-0.25, -0.2) is 15.0 Å². The van der Waals surface area contributed by atoms with Gasteiger partial charge < -0.3 is 9.47 Å². The van der Waals surface area contributed by atoms with Gasteiger partial charge in [0, 0.05) is 16.3 Å². The highest BCUT2D eigenvalue weighted by molar-refractivity contribution is 7.18. The van der Waals surface area contributed by atoms with E-state index in [4.69, 9.17) is 26.1 Å². The van der Waals surface area contributed by atoms with Gasteiger partial charge in [0.15, 0.2) is 0 Å². The summed E-state index contributed by atoms with van der Waals surface area (Å²) in [4.78, 5) is 20.4. The second-order valence-corrected chi connectivity index (χ2v) is 10.1. The Morgan fingerprint density at radius 1 is 1.21 bits per heavy atom. The molecular formula is C25H23ClN4O3S. The van der Waals surface area contributed by atoms with E-state index in [1.807, 2.05) is 50.2 Å². The number of nitrogens with one attached hydrogen (secondary N) is 1. The molecule has 0 bridgehead atoms. The van der Waals surface area contributed by atoms with E-state index in [2.05, 4.69) is 10.5 Å². The largest absolute Gasteiger partial charge is 0.497 e. The van der Waals surface area contributed by atoms with Gasteiger partial charge in [0.1, 0.15) is 10.6 Å². The fourth-order valence-corrected chi connectivity index (χ4v) is 5.17. The van der Waals surface area contributed by atoms with Crippen molar-refractivity contribution in [2.24, 2.45) is 5.10 Å². The molecule has 0 radical (unpaired) electrons. The zero-order chi connectivity index (χ0) is 23.9. The molecule has 34 heavy (non-hydrogen) atoms. The van der Waals surface area contributed by atoms with Crippen molar-refractivity contribution in [3.63, 3.8) is 0 Å². The minimum Gasteiger partial charge on any atom is -0.497 e.